The van der Waals surface area contributed by atoms with Gasteiger partial charge in [0.2, 0.25) is 5.91 Å². The number of benzene rings is 3. The summed E-state index contributed by atoms with van der Waals surface area (Å²) in [6, 6.07) is 12.6. The van der Waals surface area contributed by atoms with E-state index in [0.29, 0.717) is 36.4 Å². The van der Waals surface area contributed by atoms with E-state index in [0.717, 1.165) is 48.3 Å². The third kappa shape index (κ3) is 5.81. The van der Waals surface area contributed by atoms with Crippen molar-refractivity contribution in [2.45, 2.75) is 55.1 Å². The van der Waals surface area contributed by atoms with Crippen molar-refractivity contribution in [3.63, 3.8) is 0 Å². The van der Waals surface area contributed by atoms with Gasteiger partial charge in [0.1, 0.15) is 28.0 Å². The van der Waals surface area contributed by atoms with Crippen LogP contribution in [0.1, 0.15) is 48.8 Å². The lowest BCUT2D eigenvalue weighted by atomic mass is 9.78. The van der Waals surface area contributed by atoms with Crippen molar-refractivity contribution in [1.29, 1.82) is 0 Å². The topological polar surface area (TPSA) is 109 Å². The van der Waals surface area contributed by atoms with Gasteiger partial charge in [0.05, 0.1) is 33.1 Å². The Bertz CT molecular complexity index is 1860. The maximum atomic E-state index is 15.6. The predicted molar refractivity (Wildman–Crippen MR) is 182 cm³/mol. The van der Waals surface area contributed by atoms with Crippen LogP contribution in [0.4, 0.5) is 10.1 Å². The minimum Gasteiger partial charge on any atom is -0.497 e. The summed E-state index contributed by atoms with van der Waals surface area (Å²) < 4.78 is 62.6. The van der Waals surface area contributed by atoms with Crippen LogP contribution in [0.25, 0.3) is 0 Å². The number of carbonyl (C=O) groups excluding carboxylic acids is 2. The van der Waals surface area contributed by atoms with Gasteiger partial charge in [-0.1, -0.05) is 12.5 Å². The molecule has 262 valence electrons. The number of likely N-dealkylation sites (N-methyl/N-ethyl adjacent to an activating group) is 1. The largest absolute Gasteiger partial charge is 0.497 e. The number of hydrogen-bond donors (Lipinski definition) is 0. The quantitative estimate of drug-likeness (QED) is 0.306. The first-order chi connectivity index (χ1) is 23.5. The van der Waals surface area contributed by atoms with Crippen molar-refractivity contribution in [2.75, 3.05) is 59.4 Å². The van der Waals surface area contributed by atoms with Gasteiger partial charge in [-0.25, -0.2) is 17.1 Å². The second-order valence-electron chi connectivity index (χ2n) is 12.9. The van der Waals surface area contributed by atoms with E-state index in [9.17, 15) is 13.2 Å². The fourth-order valence-electron chi connectivity index (χ4n) is 7.59. The summed E-state index contributed by atoms with van der Waals surface area (Å²) in [5.41, 5.74) is -0.621. The highest BCUT2D eigenvalue weighted by Crippen LogP contribution is 2.55. The van der Waals surface area contributed by atoms with E-state index in [1.54, 1.807) is 25.1 Å². The van der Waals surface area contributed by atoms with Crippen LogP contribution in [-0.4, -0.2) is 96.0 Å². The van der Waals surface area contributed by atoms with Gasteiger partial charge in [-0.2, -0.15) is 0 Å². The zero-order valence-electron chi connectivity index (χ0n) is 28.6. The number of likely N-dealkylation sites (tertiary alicyclic amines) is 2. The number of fused-ring (bicyclic) bond motifs is 1. The monoisotopic (exact) mass is 694 g/mol. The van der Waals surface area contributed by atoms with Gasteiger partial charge in [-0.15, -0.1) is 0 Å². The highest BCUT2D eigenvalue weighted by molar-refractivity contribution is 7.93. The van der Waals surface area contributed by atoms with Crippen molar-refractivity contribution < 1.29 is 36.6 Å². The minimum absolute atomic E-state index is 0.0158. The van der Waals surface area contributed by atoms with Crippen LogP contribution >= 0.6 is 0 Å². The summed E-state index contributed by atoms with van der Waals surface area (Å²) in [5.74, 6) is -1.11. The molecule has 11 nitrogen and oxygen atoms in total. The number of hydrogen-bond acceptors (Lipinski definition) is 9. The van der Waals surface area contributed by atoms with Crippen LogP contribution in [0.2, 0.25) is 0 Å². The van der Waals surface area contributed by atoms with E-state index in [4.69, 9.17) is 14.2 Å². The van der Waals surface area contributed by atoms with Crippen molar-refractivity contribution in [1.82, 2.24) is 14.7 Å². The highest BCUT2D eigenvalue weighted by atomic mass is 32.2. The van der Waals surface area contributed by atoms with Crippen LogP contribution < -0.4 is 18.5 Å². The molecule has 0 aromatic heterocycles. The van der Waals surface area contributed by atoms with Crippen LogP contribution in [0.3, 0.4) is 0 Å². The molecule has 2 atom stereocenters. The maximum absolute atomic E-state index is 15.6. The lowest BCUT2D eigenvalue weighted by Crippen LogP contribution is -2.62. The Morgan fingerprint density at radius 3 is 2.27 bits per heavy atom. The van der Waals surface area contributed by atoms with Crippen LogP contribution in [0.15, 0.2) is 59.5 Å². The third-order valence-corrected chi connectivity index (χ3v) is 11.6. The van der Waals surface area contributed by atoms with Crippen LogP contribution in [-0.2, 0) is 31.7 Å². The summed E-state index contributed by atoms with van der Waals surface area (Å²) in [5, 5.41) is 0. The number of halogens is 1. The van der Waals surface area contributed by atoms with Crippen molar-refractivity contribution >= 4 is 27.5 Å². The predicted octanol–water partition coefficient (Wildman–Crippen LogP) is 4.37. The number of carbonyl (C=O) groups is 2. The Hall–Kier alpha value is -4.20. The summed E-state index contributed by atoms with van der Waals surface area (Å²) in [6.07, 6.45) is 3.94. The molecule has 0 spiro atoms. The van der Waals surface area contributed by atoms with E-state index < -0.39 is 33.3 Å². The Kier molecular flexibility index (Phi) is 9.62. The molecule has 49 heavy (non-hydrogen) atoms. The van der Waals surface area contributed by atoms with Gasteiger partial charge in [0, 0.05) is 44.4 Å². The van der Waals surface area contributed by atoms with Gasteiger partial charge < -0.3 is 19.1 Å². The molecule has 6 rings (SSSR count). The smallest absolute Gasteiger partial charge is 0.274 e. The number of anilines is 1. The number of rotatable bonds is 10. The molecule has 0 N–H and O–H groups in total. The molecular weight excluding hydrogens is 651 g/mol. The molecular formula is C36H43FN4O7S. The lowest BCUT2D eigenvalue weighted by molar-refractivity contribution is -0.142. The second kappa shape index (κ2) is 13.6. The third-order valence-electron chi connectivity index (χ3n) is 9.87. The molecule has 0 saturated carbocycles. The van der Waals surface area contributed by atoms with Gasteiger partial charge in [0.15, 0.2) is 5.54 Å². The standard InChI is InChI=1S/C36H43FN4O7S/c1-38(2)34(42)30-10-6-7-19-40(30)36(28-20-24(11-15-31(28)47-4)23-39-17-8-9-18-39)27-21-25(37)12-14-29(27)41(35(36)43)49(44,45)33-16-13-26(46-3)22-32(33)48-5/h11-16,20-22,30H,6-10,17-19,23H2,1-5H3/t30-,36?/m0/s1. The molecule has 1 unspecified atom stereocenters. The van der Waals surface area contributed by atoms with Crippen molar-refractivity contribution in [2.24, 2.45) is 0 Å². The molecule has 3 heterocycles. The zero-order chi connectivity index (χ0) is 35.1. The van der Waals surface area contributed by atoms with Gasteiger partial charge in [-0.3, -0.25) is 19.4 Å². The molecule has 0 radical (unpaired) electrons. The van der Waals surface area contributed by atoms with E-state index >= 15 is 9.18 Å². The summed E-state index contributed by atoms with van der Waals surface area (Å²) >= 11 is 0. The summed E-state index contributed by atoms with van der Waals surface area (Å²) in [7, 11) is 2.86. The van der Waals surface area contributed by atoms with Crippen LogP contribution in [0.5, 0.6) is 17.2 Å². The molecule has 0 aliphatic carbocycles. The molecule has 2 saturated heterocycles. The zero-order valence-corrected chi connectivity index (χ0v) is 29.4. The number of ether oxygens (including phenoxy) is 3. The fourth-order valence-corrected chi connectivity index (χ4v) is 9.19. The van der Waals surface area contributed by atoms with Crippen molar-refractivity contribution in [3.8, 4) is 17.2 Å². The average Bonchev–Trinajstić information content (AvgIpc) is 3.71. The minimum atomic E-state index is -4.69. The Morgan fingerprint density at radius 1 is 0.878 bits per heavy atom. The Morgan fingerprint density at radius 2 is 1.59 bits per heavy atom. The SMILES string of the molecule is COc1ccc(S(=O)(=O)N2C(=O)C(c3cc(CN4CCCC4)ccc3OC)(N3CCCC[C@H]3C(=O)N(C)C)c3cc(F)ccc32)c(OC)c1. The lowest BCUT2D eigenvalue weighted by Gasteiger charge is -2.47. The van der Waals surface area contributed by atoms with Gasteiger partial charge in [0.25, 0.3) is 15.9 Å². The molecule has 13 heteroatoms. The average molecular weight is 695 g/mol. The first-order valence-corrected chi connectivity index (χ1v) is 17.9. The summed E-state index contributed by atoms with van der Waals surface area (Å²) in [4.78, 5) is 34.8. The Labute approximate surface area is 287 Å². The van der Waals surface area contributed by atoms with E-state index in [2.05, 4.69) is 4.90 Å². The Balaban J connectivity index is 1.66. The van der Waals surface area contributed by atoms with E-state index in [1.807, 2.05) is 12.1 Å². The molecule has 3 aromatic carbocycles. The molecule has 0 bridgehead atoms. The van der Waals surface area contributed by atoms with E-state index in [1.165, 1.54) is 56.6 Å². The van der Waals surface area contributed by atoms with Crippen molar-refractivity contribution in [3.05, 3.63) is 77.1 Å². The number of nitrogens with zero attached hydrogens (tertiary/aromatic N) is 4. The number of piperidine rings is 1. The normalized spacial score (nSPS) is 21.5. The second-order valence-corrected chi connectivity index (χ2v) is 14.7. The number of methoxy groups -OCH3 is 3. The molecule has 2 amide bonds. The molecule has 2 fully saturated rings. The first-order valence-electron chi connectivity index (χ1n) is 16.5. The molecule has 3 aliphatic heterocycles. The molecule has 3 aromatic rings. The highest BCUT2D eigenvalue weighted by Gasteiger charge is 2.63. The van der Waals surface area contributed by atoms with E-state index in [-0.39, 0.29) is 34.3 Å². The fraction of sp³-hybridized carbons (Fsp3) is 0.444. The maximum Gasteiger partial charge on any atom is 0.274 e. The molecule has 3 aliphatic rings. The van der Waals surface area contributed by atoms with Gasteiger partial charge >= 0.3 is 0 Å². The number of sulfonamides is 1. The van der Waals surface area contributed by atoms with Gasteiger partial charge in [-0.05, 0) is 86.8 Å². The van der Waals surface area contributed by atoms with Crippen LogP contribution in [0, 0.1) is 5.82 Å². The first kappa shape index (κ1) is 34.7. The summed E-state index contributed by atoms with van der Waals surface area (Å²) in [6.45, 7) is 2.73. The number of amides is 2.